The highest BCUT2D eigenvalue weighted by Crippen LogP contribution is 2.25. The number of unbranched alkanes of at least 4 members (excludes halogenated alkanes) is 1. The van der Waals surface area contributed by atoms with Crippen molar-refractivity contribution >= 4 is 11.8 Å². The first-order valence-corrected chi connectivity index (χ1v) is 5.71. The van der Waals surface area contributed by atoms with Gasteiger partial charge in [-0.25, -0.2) is 0 Å². The molecule has 1 aliphatic heterocycles. The van der Waals surface area contributed by atoms with Gasteiger partial charge in [0.2, 0.25) is 0 Å². The molecule has 1 atom stereocenters. The van der Waals surface area contributed by atoms with Gasteiger partial charge in [-0.2, -0.15) is 0 Å². The number of thioether (sulfide) groups is 1. The van der Waals surface area contributed by atoms with Crippen LogP contribution < -0.4 is 0 Å². The molecule has 1 aliphatic rings. The van der Waals surface area contributed by atoms with Gasteiger partial charge >= 0.3 is 0 Å². The van der Waals surface area contributed by atoms with Crippen molar-refractivity contribution in [2.24, 2.45) is 0 Å². The third-order valence-corrected chi connectivity index (χ3v) is 3.21. The van der Waals surface area contributed by atoms with Crippen LogP contribution in [0.4, 0.5) is 0 Å². The zero-order chi connectivity index (χ0) is 7.94. The van der Waals surface area contributed by atoms with Crippen molar-refractivity contribution < 1.29 is 4.74 Å². The van der Waals surface area contributed by atoms with E-state index in [1.807, 2.05) is 11.8 Å². The molecule has 0 N–H and O–H groups in total. The van der Waals surface area contributed by atoms with Gasteiger partial charge in [0.1, 0.15) is 5.44 Å². The Kier molecular flexibility index (Phi) is 5.04. The van der Waals surface area contributed by atoms with Crippen LogP contribution in [-0.4, -0.2) is 17.8 Å². The third-order valence-electron chi connectivity index (χ3n) is 1.94. The normalized spacial score (nSPS) is 25.4. The van der Waals surface area contributed by atoms with Gasteiger partial charge in [0.05, 0.1) is 0 Å². The molecule has 0 saturated carbocycles. The van der Waals surface area contributed by atoms with Crippen LogP contribution in [-0.2, 0) is 4.74 Å². The summed E-state index contributed by atoms with van der Waals surface area (Å²) in [7, 11) is 0. The second kappa shape index (κ2) is 5.90. The van der Waals surface area contributed by atoms with Crippen molar-refractivity contribution in [3.05, 3.63) is 0 Å². The topological polar surface area (TPSA) is 9.23 Å². The minimum Gasteiger partial charge on any atom is -0.368 e. The van der Waals surface area contributed by atoms with Crippen molar-refractivity contribution in [2.45, 2.75) is 44.5 Å². The first kappa shape index (κ1) is 9.40. The summed E-state index contributed by atoms with van der Waals surface area (Å²) in [6.07, 6.45) is 6.49. The van der Waals surface area contributed by atoms with E-state index in [1.54, 1.807) is 0 Å². The smallest absolute Gasteiger partial charge is 0.103 e. The first-order chi connectivity index (χ1) is 5.43. The Bertz CT molecular complexity index is 89.6. The predicted molar refractivity (Wildman–Crippen MR) is 51.0 cm³/mol. The fourth-order valence-electron chi connectivity index (χ4n) is 1.20. The Balaban J connectivity index is 1.96. The molecular formula is C9H18OS. The average Bonchev–Trinajstić information content (AvgIpc) is 2.07. The number of hydrogen-bond donors (Lipinski definition) is 0. The molecule has 0 aromatic heterocycles. The second-order valence-electron chi connectivity index (χ2n) is 3.02. The van der Waals surface area contributed by atoms with Gasteiger partial charge in [0.15, 0.2) is 0 Å². The Labute approximate surface area is 73.9 Å². The molecule has 11 heavy (non-hydrogen) atoms. The first-order valence-electron chi connectivity index (χ1n) is 4.66. The van der Waals surface area contributed by atoms with E-state index in [9.17, 15) is 0 Å². The Morgan fingerprint density at radius 3 is 3.00 bits per heavy atom. The van der Waals surface area contributed by atoms with Crippen molar-refractivity contribution in [1.29, 1.82) is 0 Å². The summed E-state index contributed by atoms with van der Waals surface area (Å²) < 4.78 is 5.69. The summed E-state index contributed by atoms with van der Waals surface area (Å²) in [6.45, 7) is 3.17. The maximum absolute atomic E-state index is 5.69. The van der Waals surface area contributed by atoms with Crippen molar-refractivity contribution in [1.82, 2.24) is 0 Å². The lowest BCUT2D eigenvalue weighted by atomic mass is 10.2. The zero-order valence-electron chi connectivity index (χ0n) is 7.34. The van der Waals surface area contributed by atoms with Crippen LogP contribution in [0.2, 0.25) is 0 Å². The maximum atomic E-state index is 5.69. The molecule has 0 amide bonds. The molecule has 0 aromatic rings. The van der Waals surface area contributed by atoms with E-state index in [0.717, 1.165) is 6.61 Å². The summed E-state index contributed by atoms with van der Waals surface area (Å²) in [5.74, 6) is 1.30. The molecule has 1 rings (SSSR count). The van der Waals surface area contributed by atoms with Crippen LogP contribution in [0, 0.1) is 0 Å². The SMILES string of the molecule is CCCCOC1CCCCS1. The molecule has 1 fully saturated rings. The highest BCUT2D eigenvalue weighted by molar-refractivity contribution is 7.99. The monoisotopic (exact) mass is 174 g/mol. The van der Waals surface area contributed by atoms with Crippen LogP contribution in [0.1, 0.15) is 39.0 Å². The largest absolute Gasteiger partial charge is 0.368 e. The Morgan fingerprint density at radius 1 is 1.45 bits per heavy atom. The zero-order valence-corrected chi connectivity index (χ0v) is 8.16. The highest BCUT2D eigenvalue weighted by atomic mass is 32.2. The summed E-state index contributed by atoms with van der Waals surface area (Å²) in [5, 5.41) is 0. The van der Waals surface area contributed by atoms with Crippen LogP contribution in [0.15, 0.2) is 0 Å². The molecule has 0 aromatic carbocycles. The molecule has 0 bridgehead atoms. The quantitative estimate of drug-likeness (QED) is 0.606. The fourth-order valence-corrected chi connectivity index (χ4v) is 2.36. The third kappa shape index (κ3) is 4.02. The number of hydrogen-bond acceptors (Lipinski definition) is 2. The van der Waals surface area contributed by atoms with Crippen LogP contribution >= 0.6 is 11.8 Å². The van der Waals surface area contributed by atoms with Crippen LogP contribution in [0.5, 0.6) is 0 Å². The Morgan fingerprint density at radius 2 is 2.36 bits per heavy atom. The highest BCUT2D eigenvalue weighted by Gasteiger charge is 2.12. The van der Waals surface area contributed by atoms with Crippen molar-refractivity contribution in [3.63, 3.8) is 0 Å². The molecule has 1 nitrogen and oxygen atoms in total. The van der Waals surface area contributed by atoms with Gasteiger partial charge in [0, 0.05) is 6.61 Å². The molecule has 0 spiro atoms. The number of rotatable bonds is 4. The molecule has 1 saturated heterocycles. The minimum atomic E-state index is 0.523. The molecule has 2 heteroatoms. The lowest BCUT2D eigenvalue weighted by molar-refractivity contribution is 0.101. The van der Waals surface area contributed by atoms with Gasteiger partial charge in [-0.05, 0) is 31.4 Å². The molecule has 1 unspecified atom stereocenters. The summed E-state index contributed by atoms with van der Waals surface area (Å²) in [5.41, 5.74) is 0.523. The fraction of sp³-hybridized carbons (Fsp3) is 1.00. The minimum absolute atomic E-state index is 0.523. The summed E-state index contributed by atoms with van der Waals surface area (Å²) in [4.78, 5) is 0. The summed E-state index contributed by atoms with van der Waals surface area (Å²) >= 11 is 1.99. The van der Waals surface area contributed by atoms with E-state index in [-0.39, 0.29) is 0 Å². The standard InChI is InChI=1S/C9H18OS/c1-2-3-7-10-9-6-4-5-8-11-9/h9H,2-8H2,1H3. The van der Waals surface area contributed by atoms with Gasteiger partial charge in [0.25, 0.3) is 0 Å². The van der Waals surface area contributed by atoms with E-state index in [1.165, 1.54) is 37.9 Å². The van der Waals surface area contributed by atoms with E-state index >= 15 is 0 Å². The lowest BCUT2D eigenvalue weighted by Gasteiger charge is -2.21. The molecular weight excluding hydrogens is 156 g/mol. The van der Waals surface area contributed by atoms with Crippen molar-refractivity contribution in [2.75, 3.05) is 12.4 Å². The maximum Gasteiger partial charge on any atom is 0.103 e. The van der Waals surface area contributed by atoms with Gasteiger partial charge < -0.3 is 4.74 Å². The molecule has 1 heterocycles. The van der Waals surface area contributed by atoms with Crippen LogP contribution in [0.3, 0.4) is 0 Å². The molecule has 0 radical (unpaired) electrons. The summed E-state index contributed by atoms with van der Waals surface area (Å²) in [6, 6.07) is 0. The van der Waals surface area contributed by atoms with Crippen LogP contribution in [0.25, 0.3) is 0 Å². The van der Waals surface area contributed by atoms with Crippen molar-refractivity contribution in [3.8, 4) is 0 Å². The van der Waals surface area contributed by atoms with E-state index in [4.69, 9.17) is 4.74 Å². The number of ether oxygens (including phenoxy) is 1. The van der Waals surface area contributed by atoms with Gasteiger partial charge in [-0.3, -0.25) is 0 Å². The van der Waals surface area contributed by atoms with E-state index in [2.05, 4.69) is 6.92 Å². The molecule has 0 aliphatic carbocycles. The van der Waals surface area contributed by atoms with Gasteiger partial charge in [-0.1, -0.05) is 13.3 Å². The molecule has 66 valence electrons. The van der Waals surface area contributed by atoms with E-state index < -0.39 is 0 Å². The average molecular weight is 174 g/mol. The predicted octanol–water partition coefficient (Wildman–Crippen LogP) is 3.05. The lowest BCUT2D eigenvalue weighted by Crippen LogP contribution is -2.14. The second-order valence-corrected chi connectivity index (χ2v) is 4.29. The van der Waals surface area contributed by atoms with Gasteiger partial charge in [-0.15, -0.1) is 11.8 Å². The Hall–Kier alpha value is 0.310. The van der Waals surface area contributed by atoms with E-state index in [0.29, 0.717) is 5.44 Å².